The maximum Gasteiger partial charge on any atom is 0.253 e. The average molecular weight is 389 g/mol. The van der Waals surface area contributed by atoms with Gasteiger partial charge in [0, 0.05) is 31.4 Å². The molecule has 0 unspecified atom stereocenters. The number of nitrogens with one attached hydrogen (secondary N) is 1. The normalized spacial score (nSPS) is 14.1. The monoisotopic (exact) mass is 389 g/mol. The molecule has 0 saturated heterocycles. The van der Waals surface area contributed by atoms with Crippen molar-refractivity contribution in [1.29, 1.82) is 0 Å². The van der Waals surface area contributed by atoms with E-state index in [-0.39, 0.29) is 17.6 Å². The molecule has 3 aromatic rings. The first kappa shape index (κ1) is 18.9. The van der Waals surface area contributed by atoms with Crippen molar-refractivity contribution in [3.63, 3.8) is 0 Å². The summed E-state index contributed by atoms with van der Waals surface area (Å²) in [6, 6.07) is 11.6. The van der Waals surface area contributed by atoms with Crippen LogP contribution in [-0.2, 0) is 18.3 Å². The first-order valence-corrected chi connectivity index (χ1v) is 9.64. The summed E-state index contributed by atoms with van der Waals surface area (Å²) in [4.78, 5) is 28.4. The second kappa shape index (κ2) is 7.54. The van der Waals surface area contributed by atoms with Gasteiger partial charge in [0.2, 0.25) is 5.91 Å². The summed E-state index contributed by atoms with van der Waals surface area (Å²) in [5.74, 6) is 0.591. The summed E-state index contributed by atoms with van der Waals surface area (Å²) in [6.45, 7) is 3.74. The number of fused-ring (bicyclic) bond motifs is 1. The summed E-state index contributed by atoms with van der Waals surface area (Å²) in [7, 11) is 1.75. The van der Waals surface area contributed by atoms with E-state index < -0.39 is 0 Å². The number of benzene rings is 1. The minimum absolute atomic E-state index is 0.0146. The van der Waals surface area contributed by atoms with Crippen LogP contribution in [0.5, 0.6) is 5.75 Å². The van der Waals surface area contributed by atoms with Gasteiger partial charge in [0.25, 0.3) is 5.56 Å². The standard InChI is InChI=1S/C23H23N3O3/c1-14-10-18(13-26(3)23(14)28)17-11-16-7-8-21(27)25-22(16)20(12-17)29-15(2)19-6-4-5-9-24-19/h4-6,9-13,15H,7-8H2,1-3H3,(H,25,27)/t15-/m0/s1. The quantitative estimate of drug-likeness (QED) is 0.737. The Balaban J connectivity index is 1.80. The lowest BCUT2D eigenvalue weighted by molar-refractivity contribution is -0.116. The van der Waals surface area contributed by atoms with E-state index in [0.29, 0.717) is 29.8 Å². The van der Waals surface area contributed by atoms with Crippen LogP contribution < -0.4 is 15.6 Å². The van der Waals surface area contributed by atoms with Crippen molar-refractivity contribution in [2.24, 2.45) is 7.05 Å². The highest BCUT2D eigenvalue weighted by atomic mass is 16.5. The molecule has 0 saturated carbocycles. The van der Waals surface area contributed by atoms with Gasteiger partial charge < -0.3 is 14.6 Å². The van der Waals surface area contributed by atoms with E-state index in [1.165, 1.54) is 0 Å². The third-order valence-corrected chi connectivity index (χ3v) is 5.17. The average Bonchev–Trinajstić information content (AvgIpc) is 2.72. The number of hydrogen-bond acceptors (Lipinski definition) is 4. The molecule has 0 spiro atoms. The molecule has 0 aliphatic carbocycles. The van der Waals surface area contributed by atoms with Gasteiger partial charge in [0.1, 0.15) is 11.9 Å². The molecule has 1 atom stereocenters. The minimum Gasteiger partial charge on any atom is -0.482 e. The molecular weight excluding hydrogens is 366 g/mol. The number of carbonyl (C=O) groups excluding carboxylic acids is 1. The second-order valence-corrected chi connectivity index (χ2v) is 7.40. The zero-order valence-electron chi connectivity index (χ0n) is 16.7. The third kappa shape index (κ3) is 3.78. The van der Waals surface area contributed by atoms with E-state index in [0.717, 1.165) is 22.4 Å². The Morgan fingerprint density at radius 1 is 1.14 bits per heavy atom. The second-order valence-electron chi connectivity index (χ2n) is 7.40. The molecule has 6 heteroatoms. The molecule has 29 heavy (non-hydrogen) atoms. The number of aromatic nitrogens is 2. The Bertz CT molecular complexity index is 1110. The van der Waals surface area contributed by atoms with Crippen molar-refractivity contribution in [3.05, 3.63) is 76.0 Å². The van der Waals surface area contributed by atoms with Gasteiger partial charge in [-0.15, -0.1) is 0 Å². The predicted octanol–water partition coefficient (Wildman–Crippen LogP) is 3.78. The van der Waals surface area contributed by atoms with Crippen LogP contribution >= 0.6 is 0 Å². The lowest BCUT2D eigenvalue weighted by Crippen LogP contribution is -2.21. The molecule has 1 N–H and O–H groups in total. The highest BCUT2D eigenvalue weighted by molar-refractivity contribution is 5.96. The highest BCUT2D eigenvalue weighted by Crippen LogP contribution is 2.39. The summed E-state index contributed by atoms with van der Waals surface area (Å²) < 4.78 is 7.83. The molecule has 1 amide bonds. The van der Waals surface area contributed by atoms with Gasteiger partial charge >= 0.3 is 0 Å². The Labute approximate surface area is 169 Å². The predicted molar refractivity (Wildman–Crippen MR) is 112 cm³/mol. The number of ether oxygens (including phenoxy) is 1. The molecule has 1 aliphatic heterocycles. The first-order chi connectivity index (χ1) is 13.9. The molecule has 0 fully saturated rings. The van der Waals surface area contributed by atoms with Crippen molar-refractivity contribution in [2.45, 2.75) is 32.8 Å². The maximum atomic E-state index is 12.1. The van der Waals surface area contributed by atoms with Crippen LogP contribution in [0.1, 0.15) is 36.3 Å². The van der Waals surface area contributed by atoms with E-state index >= 15 is 0 Å². The number of aryl methyl sites for hydroxylation is 3. The summed E-state index contributed by atoms with van der Waals surface area (Å²) in [6.07, 6.45) is 4.36. The molecule has 0 bridgehead atoms. The smallest absolute Gasteiger partial charge is 0.253 e. The number of anilines is 1. The van der Waals surface area contributed by atoms with Gasteiger partial charge in [0.15, 0.2) is 0 Å². The molecule has 6 nitrogen and oxygen atoms in total. The van der Waals surface area contributed by atoms with Crippen molar-refractivity contribution < 1.29 is 9.53 Å². The fourth-order valence-corrected chi connectivity index (χ4v) is 3.62. The number of amides is 1. The lowest BCUT2D eigenvalue weighted by atomic mass is 9.96. The van der Waals surface area contributed by atoms with E-state index in [1.807, 2.05) is 50.4 Å². The number of nitrogens with zero attached hydrogens (tertiary/aromatic N) is 2. The summed E-state index contributed by atoms with van der Waals surface area (Å²) in [5.41, 5.74) is 5.10. The Kier molecular flexibility index (Phi) is 4.92. The van der Waals surface area contributed by atoms with Gasteiger partial charge in [-0.05, 0) is 67.3 Å². The SMILES string of the molecule is Cc1cc(-c2cc3c(c(O[C@@H](C)c4ccccn4)c2)NC(=O)CC3)cn(C)c1=O. The fraction of sp³-hybridized carbons (Fsp3) is 0.261. The molecule has 2 aromatic heterocycles. The van der Waals surface area contributed by atoms with Gasteiger partial charge in [0.05, 0.1) is 11.4 Å². The number of rotatable bonds is 4. The van der Waals surface area contributed by atoms with Crippen LogP contribution in [0.25, 0.3) is 11.1 Å². The van der Waals surface area contributed by atoms with Crippen molar-refractivity contribution in [3.8, 4) is 16.9 Å². The third-order valence-electron chi connectivity index (χ3n) is 5.17. The van der Waals surface area contributed by atoms with E-state index in [1.54, 1.807) is 17.8 Å². The van der Waals surface area contributed by atoms with Crippen molar-refractivity contribution >= 4 is 11.6 Å². The minimum atomic E-state index is -0.281. The molecule has 4 rings (SSSR count). The van der Waals surface area contributed by atoms with Gasteiger partial charge in [-0.25, -0.2) is 0 Å². The maximum absolute atomic E-state index is 12.1. The van der Waals surface area contributed by atoms with E-state index in [9.17, 15) is 9.59 Å². The molecule has 3 heterocycles. The lowest BCUT2D eigenvalue weighted by Gasteiger charge is -2.24. The molecule has 1 aromatic carbocycles. The van der Waals surface area contributed by atoms with Crippen LogP contribution in [0.15, 0.2) is 53.6 Å². The van der Waals surface area contributed by atoms with Crippen LogP contribution in [0.3, 0.4) is 0 Å². The van der Waals surface area contributed by atoms with E-state index in [2.05, 4.69) is 16.4 Å². The number of carbonyl (C=O) groups is 1. The molecule has 1 aliphatic rings. The van der Waals surface area contributed by atoms with Crippen molar-refractivity contribution in [1.82, 2.24) is 9.55 Å². The van der Waals surface area contributed by atoms with Crippen LogP contribution in [0.2, 0.25) is 0 Å². The Hall–Kier alpha value is -3.41. The van der Waals surface area contributed by atoms with Gasteiger partial charge in [-0.1, -0.05) is 6.07 Å². The summed E-state index contributed by atoms with van der Waals surface area (Å²) in [5, 5.41) is 2.96. The number of hydrogen-bond donors (Lipinski definition) is 1. The van der Waals surface area contributed by atoms with Crippen molar-refractivity contribution in [2.75, 3.05) is 5.32 Å². The molecule has 148 valence electrons. The number of pyridine rings is 2. The Morgan fingerprint density at radius 3 is 2.69 bits per heavy atom. The summed E-state index contributed by atoms with van der Waals surface area (Å²) >= 11 is 0. The largest absolute Gasteiger partial charge is 0.482 e. The fourth-order valence-electron chi connectivity index (χ4n) is 3.62. The van der Waals surface area contributed by atoms with Crippen LogP contribution in [0.4, 0.5) is 5.69 Å². The topological polar surface area (TPSA) is 73.2 Å². The molecule has 0 radical (unpaired) electrons. The molecular formula is C23H23N3O3. The highest BCUT2D eigenvalue weighted by Gasteiger charge is 2.22. The zero-order chi connectivity index (χ0) is 20.5. The van der Waals surface area contributed by atoms with Gasteiger partial charge in [-0.3, -0.25) is 14.6 Å². The van der Waals surface area contributed by atoms with Gasteiger partial charge in [-0.2, -0.15) is 0 Å². The Morgan fingerprint density at radius 2 is 1.97 bits per heavy atom. The van der Waals surface area contributed by atoms with E-state index in [4.69, 9.17) is 4.74 Å². The van der Waals surface area contributed by atoms with Crippen LogP contribution in [0, 0.1) is 6.92 Å². The first-order valence-electron chi connectivity index (χ1n) is 9.64. The zero-order valence-corrected chi connectivity index (χ0v) is 16.7. The van der Waals surface area contributed by atoms with Crippen LogP contribution in [-0.4, -0.2) is 15.5 Å².